The number of methoxy groups -OCH3 is 1. The maximum Gasteiger partial charge on any atom is 0.337 e. The molecule has 0 radical (unpaired) electrons. The number of hydrogen-bond donors (Lipinski definition) is 2. The standard InChI is InChI=1S/C22H21N3O3/c1-3-28-22(26)19-18(15-11-7-8-12-17(15)27-2)16-13-23-25-21(16)24-20(19)14-9-5-4-6-10-14/h4-13,18H,3H2,1-2H3,(H2,23,24,25). The molecule has 4 rings (SSSR count). The number of carbonyl (C=O) groups is 1. The van der Waals surface area contributed by atoms with Gasteiger partial charge in [0.1, 0.15) is 5.75 Å². The van der Waals surface area contributed by atoms with Crippen molar-refractivity contribution < 1.29 is 14.3 Å². The van der Waals surface area contributed by atoms with E-state index in [1.54, 1.807) is 20.2 Å². The molecule has 1 aliphatic heterocycles. The summed E-state index contributed by atoms with van der Waals surface area (Å²) >= 11 is 0. The van der Waals surface area contributed by atoms with Gasteiger partial charge in [-0.1, -0.05) is 48.5 Å². The lowest BCUT2D eigenvalue weighted by Gasteiger charge is -2.29. The molecule has 3 aromatic rings. The van der Waals surface area contributed by atoms with Crippen molar-refractivity contribution in [2.24, 2.45) is 0 Å². The van der Waals surface area contributed by atoms with Gasteiger partial charge in [0.15, 0.2) is 5.82 Å². The van der Waals surface area contributed by atoms with E-state index in [1.165, 1.54) is 0 Å². The third-order valence-corrected chi connectivity index (χ3v) is 4.79. The Morgan fingerprint density at radius 1 is 1.07 bits per heavy atom. The number of nitrogens with zero attached hydrogens (tertiary/aromatic N) is 1. The summed E-state index contributed by atoms with van der Waals surface area (Å²) in [5, 5.41) is 10.6. The molecule has 0 saturated heterocycles. The molecule has 142 valence electrons. The zero-order valence-electron chi connectivity index (χ0n) is 15.7. The summed E-state index contributed by atoms with van der Waals surface area (Å²) in [7, 11) is 1.63. The first-order chi connectivity index (χ1) is 13.7. The van der Waals surface area contributed by atoms with Gasteiger partial charge in [0.2, 0.25) is 0 Å². The van der Waals surface area contributed by atoms with Crippen molar-refractivity contribution in [1.82, 2.24) is 10.2 Å². The molecule has 0 amide bonds. The number of H-pyrrole nitrogens is 1. The van der Waals surface area contributed by atoms with Crippen LogP contribution in [0, 0.1) is 0 Å². The zero-order valence-corrected chi connectivity index (χ0v) is 15.7. The lowest BCUT2D eigenvalue weighted by Crippen LogP contribution is -2.24. The van der Waals surface area contributed by atoms with E-state index < -0.39 is 0 Å². The van der Waals surface area contributed by atoms with E-state index in [0.717, 1.165) is 16.7 Å². The van der Waals surface area contributed by atoms with Crippen LogP contribution in [0.5, 0.6) is 5.75 Å². The van der Waals surface area contributed by atoms with E-state index in [2.05, 4.69) is 15.5 Å². The van der Waals surface area contributed by atoms with Gasteiger partial charge in [0.05, 0.1) is 30.9 Å². The zero-order chi connectivity index (χ0) is 19.5. The summed E-state index contributed by atoms with van der Waals surface area (Å²) in [6, 6.07) is 17.4. The highest BCUT2D eigenvalue weighted by atomic mass is 16.5. The van der Waals surface area contributed by atoms with Crippen molar-refractivity contribution in [2.45, 2.75) is 12.8 Å². The number of fused-ring (bicyclic) bond motifs is 1. The Morgan fingerprint density at radius 2 is 1.82 bits per heavy atom. The fourth-order valence-electron chi connectivity index (χ4n) is 3.59. The Morgan fingerprint density at radius 3 is 2.57 bits per heavy atom. The quantitative estimate of drug-likeness (QED) is 0.661. The summed E-state index contributed by atoms with van der Waals surface area (Å²) in [6.07, 6.45) is 1.81. The van der Waals surface area contributed by atoms with Crippen LogP contribution in [0.25, 0.3) is 5.70 Å². The van der Waals surface area contributed by atoms with E-state index >= 15 is 0 Å². The predicted octanol–water partition coefficient (Wildman–Crippen LogP) is 3.95. The van der Waals surface area contributed by atoms with Crippen LogP contribution in [0.2, 0.25) is 0 Å². The molecule has 2 N–H and O–H groups in total. The molecule has 0 saturated carbocycles. The minimum atomic E-state index is -0.375. The molecule has 28 heavy (non-hydrogen) atoms. The first-order valence-electron chi connectivity index (χ1n) is 9.15. The van der Waals surface area contributed by atoms with Crippen molar-refractivity contribution in [1.29, 1.82) is 0 Å². The van der Waals surface area contributed by atoms with E-state index in [4.69, 9.17) is 9.47 Å². The average Bonchev–Trinajstić information content (AvgIpc) is 3.21. The van der Waals surface area contributed by atoms with Crippen LogP contribution in [-0.2, 0) is 9.53 Å². The highest BCUT2D eigenvalue weighted by molar-refractivity contribution is 6.04. The second kappa shape index (κ2) is 7.60. The number of ether oxygens (including phenoxy) is 2. The number of esters is 1. The molecule has 1 unspecified atom stereocenters. The smallest absolute Gasteiger partial charge is 0.337 e. The molecule has 0 bridgehead atoms. The monoisotopic (exact) mass is 375 g/mol. The van der Waals surface area contributed by atoms with Crippen LogP contribution in [0.4, 0.5) is 5.82 Å². The van der Waals surface area contributed by atoms with Crippen LogP contribution in [0.3, 0.4) is 0 Å². The Bertz CT molecular complexity index is 1020. The fourth-order valence-corrected chi connectivity index (χ4v) is 3.59. The number of anilines is 1. The van der Waals surface area contributed by atoms with E-state index in [1.807, 2.05) is 54.6 Å². The first-order valence-corrected chi connectivity index (χ1v) is 9.15. The molecule has 0 fully saturated rings. The average molecular weight is 375 g/mol. The molecule has 6 heteroatoms. The van der Waals surface area contributed by atoms with E-state index in [9.17, 15) is 4.79 Å². The van der Waals surface area contributed by atoms with Gasteiger partial charge in [0, 0.05) is 17.3 Å². The van der Waals surface area contributed by atoms with Crippen LogP contribution in [-0.4, -0.2) is 29.9 Å². The lowest BCUT2D eigenvalue weighted by atomic mass is 9.81. The Balaban J connectivity index is 1.99. The summed E-state index contributed by atoms with van der Waals surface area (Å²) < 4.78 is 11.0. The van der Waals surface area contributed by atoms with E-state index in [-0.39, 0.29) is 11.9 Å². The Labute approximate surface area is 163 Å². The normalized spacial score (nSPS) is 15.6. The minimum Gasteiger partial charge on any atom is -0.496 e. The number of rotatable bonds is 5. The van der Waals surface area contributed by atoms with Gasteiger partial charge in [-0.15, -0.1) is 0 Å². The predicted molar refractivity (Wildman–Crippen MR) is 107 cm³/mol. The van der Waals surface area contributed by atoms with Crippen molar-refractivity contribution in [3.05, 3.63) is 83.1 Å². The van der Waals surface area contributed by atoms with Gasteiger partial charge in [-0.3, -0.25) is 5.10 Å². The van der Waals surface area contributed by atoms with Crippen LogP contribution >= 0.6 is 0 Å². The number of aromatic amines is 1. The van der Waals surface area contributed by atoms with E-state index in [0.29, 0.717) is 29.4 Å². The first kappa shape index (κ1) is 17.9. The molecule has 1 aromatic heterocycles. The Hall–Kier alpha value is -3.54. The van der Waals surface area contributed by atoms with Crippen molar-refractivity contribution in [2.75, 3.05) is 19.0 Å². The topological polar surface area (TPSA) is 76.2 Å². The summed E-state index contributed by atoms with van der Waals surface area (Å²) in [4.78, 5) is 13.1. The van der Waals surface area contributed by atoms with Gasteiger partial charge in [-0.25, -0.2) is 4.79 Å². The molecule has 2 heterocycles. The van der Waals surface area contributed by atoms with Gasteiger partial charge >= 0.3 is 5.97 Å². The lowest BCUT2D eigenvalue weighted by molar-refractivity contribution is -0.138. The summed E-state index contributed by atoms with van der Waals surface area (Å²) in [6.45, 7) is 2.10. The second-order valence-electron chi connectivity index (χ2n) is 6.36. The fraction of sp³-hybridized carbons (Fsp3) is 0.182. The van der Waals surface area contributed by atoms with Gasteiger partial charge in [0.25, 0.3) is 0 Å². The SMILES string of the molecule is CCOC(=O)C1=C(c2ccccc2)Nc2n[nH]cc2C1c1ccccc1OC. The van der Waals surface area contributed by atoms with Crippen molar-refractivity contribution >= 4 is 17.5 Å². The molecular weight excluding hydrogens is 354 g/mol. The largest absolute Gasteiger partial charge is 0.496 e. The van der Waals surface area contributed by atoms with Crippen molar-refractivity contribution in [3.8, 4) is 5.75 Å². The maximum absolute atomic E-state index is 13.1. The van der Waals surface area contributed by atoms with Gasteiger partial charge < -0.3 is 14.8 Å². The number of benzene rings is 2. The number of nitrogens with one attached hydrogen (secondary N) is 2. The second-order valence-corrected chi connectivity index (χ2v) is 6.36. The third-order valence-electron chi connectivity index (χ3n) is 4.79. The Kier molecular flexibility index (Phi) is 4.85. The highest BCUT2D eigenvalue weighted by Gasteiger charge is 2.37. The molecule has 2 aromatic carbocycles. The maximum atomic E-state index is 13.1. The molecule has 6 nitrogen and oxygen atoms in total. The number of para-hydroxylation sites is 1. The van der Waals surface area contributed by atoms with Crippen LogP contribution < -0.4 is 10.1 Å². The number of aromatic nitrogens is 2. The molecule has 0 spiro atoms. The summed E-state index contributed by atoms with van der Waals surface area (Å²) in [5.74, 6) is 0.649. The van der Waals surface area contributed by atoms with Crippen molar-refractivity contribution in [3.63, 3.8) is 0 Å². The molecule has 1 aliphatic rings. The molecule has 1 atom stereocenters. The van der Waals surface area contributed by atoms with Gasteiger partial charge in [-0.2, -0.15) is 5.10 Å². The molecular formula is C22H21N3O3. The third kappa shape index (κ3) is 3.03. The molecule has 0 aliphatic carbocycles. The minimum absolute atomic E-state index is 0.293. The highest BCUT2D eigenvalue weighted by Crippen LogP contribution is 2.46. The van der Waals surface area contributed by atoms with Crippen LogP contribution in [0.1, 0.15) is 29.5 Å². The summed E-state index contributed by atoms with van der Waals surface area (Å²) in [5.41, 5.74) is 3.86. The number of carbonyl (C=O) groups excluding carboxylic acids is 1. The number of hydrogen-bond acceptors (Lipinski definition) is 5. The van der Waals surface area contributed by atoms with Crippen LogP contribution in [0.15, 0.2) is 66.4 Å². The van der Waals surface area contributed by atoms with Gasteiger partial charge in [-0.05, 0) is 18.6 Å².